The van der Waals surface area contributed by atoms with E-state index in [0.29, 0.717) is 21.9 Å². The minimum absolute atomic E-state index is 0.479. The third kappa shape index (κ3) is 2.70. The second-order valence-electron chi connectivity index (χ2n) is 2.27. The van der Waals surface area contributed by atoms with Crippen LogP contribution in [0.5, 0.6) is 0 Å². The molecular weight excluding hydrogens is 202 g/mol. The predicted octanol–water partition coefficient (Wildman–Crippen LogP) is 2.49. The third-order valence-corrected chi connectivity index (χ3v) is 1.89. The molecule has 3 heteroatoms. The number of nitriles is 1. The second kappa shape index (κ2) is 4.82. The van der Waals surface area contributed by atoms with Crippen LogP contribution in [-0.2, 0) is 0 Å². The van der Waals surface area contributed by atoms with Crippen LogP contribution in [0.3, 0.4) is 0 Å². The number of halogens is 1. The zero-order valence-corrected chi connectivity index (χ0v) is 8.36. The van der Waals surface area contributed by atoms with Crippen molar-refractivity contribution in [1.82, 2.24) is 0 Å². The van der Waals surface area contributed by atoms with Crippen molar-refractivity contribution in [3.05, 3.63) is 34.3 Å². The van der Waals surface area contributed by atoms with Gasteiger partial charge in [-0.3, -0.25) is 0 Å². The maximum atomic E-state index is 8.62. The number of benzene rings is 1. The molecule has 0 N–H and O–H groups in total. The Morgan fingerprint density at radius 2 is 2.23 bits per heavy atom. The first-order valence-corrected chi connectivity index (χ1v) is 4.58. The van der Waals surface area contributed by atoms with Crippen LogP contribution in [0, 0.1) is 23.2 Å². The molecule has 0 heterocycles. The molecule has 0 saturated heterocycles. The van der Waals surface area contributed by atoms with Crippen LogP contribution in [0.15, 0.2) is 18.2 Å². The molecule has 0 fully saturated rings. The average molecular weight is 208 g/mol. The normalized spacial score (nSPS) is 8.38. The summed E-state index contributed by atoms with van der Waals surface area (Å²) < 4.78 is 0. The lowest BCUT2D eigenvalue weighted by molar-refractivity contribution is 1.48. The number of hydrogen-bond donors (Lipinski definition) is 1. The molecule has 1 aromatic rings. The Balaban J connectivity index is 3.13. The molecule has 1 nitrogen and oxygen atoms in total. The van der Waals surface area contributed by atoms with Crippen molar-refractivity contribution >= 4 is 24.2 Å². The summed E-state index contributed by atoms with van der Waals surface area (Å²) >= 11 is 9.80. The van der Waals surface area contributed by atoms with Gasteiger partial charge in [0, 0.05) is 5.56 Å². The highest BCUT2D eigenvalue weighted by Crippen LogP contribution is 2.15. The molecule has 1 aromatic carbocycles. The Labute approximate surface area is 87.7 Å². The van der Waals surface area contributed by atoms with Gasteiger partial charge in [0.15, 0.2) is 0 Å². The van der Waals surface area contributed by atoms with Crippen LogP contribution < -0.4 is 0 Å². The van der Waals surface area contributed by atoms with E-state index in [0.717, 1.165) is 0 Å². The van der Waals surface area contributed by atoms with E-state index in [9.17, 15) is 0 Å². The Morgan fingerprint density at radius 3 is 2.85 bits per heavy atom. The van der Waals surface area contributed by atoms with Gasteiger partial charge in [-0.05, 0) is 18.2 Å². The highest BCUT2D eigenvalue weighted by molar-refractivity contribution is 7.80. The van der Waals surface area contributed by atoms with E-state index in [2.05, 4.69) is 24.5 Å². The first-order chi connectivity index (χ1) is 6.27. The van der Waals surface area contributed by atoms with Gasteiger partial charge in [-0.25, -0.2) is 0 Å². The molecule has 1 rings (SSSR count). The summed E-state index contributed by atoms with van der Waals surface area (Å²) in [4.78, 5) is 0. The number of rotatable bonds is 0. The molecule has 0 aliphatic heterocycles. The molecule has 0 aliphatic carbocycles. The smallest absolute Gasteiger partial charge is 0.0992 e. The predicted molar refractivity (Wildman–Crippen MR) is 56.9 cm³/mol. The van der Waals surface area contributed by atoms with Crippen molar-refractivity contribution in [2.75, 3.05) is 5.75 Å². The van der Waals surface area contributed by atoms with Crippen molar-refractivity contribution in [3.63, 3.8) is 0 Å². The molecular formula is C10H6ClNS. The molecule has 0 saturated carbocycles. The largest absolute Gasteiger partial charge is 0.192 e. The summed E-state index contributed by atoms with van der Waals surface area (Å²) in [5.41, 5.74) is 1.24. The van der Waals surface area contributed by atoms with Crippen molar-refractivity contribution < 1.29 is 0 Å². The van der Waals surface area contributed by atoms with E-state index in [4.69, 9.17) is 16.9 Å². The van der Waals surface area contributed by atoms with Crippen LogP contribution >= 0.6 is 24.2 Å². The number of hydrogen-bond acceptors (Lipinski definition) is 2. The summed E-state index contributed by atoms with van der Waals surface area (Å²) in [6, 6.07) is 7.02. The van der Waals surface area contributed by atoms with E-state index < -0.39 is 0 Å². The standard InChI is InChI=1S/C10H6ClNS/c11-10-4-3-8(7-12)6-9(10)2-1-5-13/h3-4,6,13H,5H2. The lowest BCUT2D eigenvalue weighted by atomic mass is 10.1. The summed E-state index contributed by atoms with van der Waals surface area (Å²) in [6.07, 6.45) is 0. The second-order valence-corrected chi connectivity index (χ2v) is 2.99. The van der Waals surface area contributed by atoms with Crippen LogP contribution in [0.1, 0.15) is 11.1 Å². The van der Waals surface area contributed by atoms with Crippen molar-refractivity contribution in [2.24, 2.45) is 0 Å². The van der Waals surface area contributed by atoms with Gasteiger partial charge in [-0.1, -0.05) is 23.4 Å². The van der Waals surface area contributed by atoms with E-state index >= 15 is 0 Å². The van der Waals surface area contributed by atoms with Crippen LogP contribution in [0.2, 0.25) is 5.02 Å². The SMILES string of the molecule is N#Cc1ccc(Cl)c(C#CCS)c1. The van der Waals surface area contributed by atoms with Gasteiger partial charge in [0.2, 0.25) is 0 Å². The Kier molecular flexibility index (Phi) is 3.71. The maximum Gasteiger partial charge on any atom is 0.0992 e. The van der Waals surface area contributed by atoms with Gasteiger partial charge in [0.1, 0.15) is 0 Å². The number of thiol groups is 1. The topological polar surface area (TPSA) is 23.8 Å². The fourth-order valence-corrected chi connectivity index (χ4v) is 1.07. The highest BCUT2D eigenvalue weighted by Gasteiger charge is 1.97. The fourth-order valence-electron chi connectivity index (χ4n) is 0.825. The number of nitrogens with zero attached hydrogens (tertiary/aromatic N) is 1. The summed E-state index contributed by atoms with van der Waals surface area (Å²) in [5, 5.41) is 9.19. The van der Waals surface area contributed by atoms with Crippen molar-refractivity contribution in [3.8, 4) is 17.9 Å². The molecule has 0 aliphatic rings. The highest BCUT2D eigenvalue weighted by atomic mass is 35.5. The zero-order chi connectivity index (χ0) is 9.68. The van der Waals surface area contributed by atoms with Gasteiger partial charge in [-0.2, -0.15) is 17.9 Å². The first-order valence-electron chi connectivity index (χ1n) is 3.57. The Bertz CT molecular complexity index is 409. The van der Waals surface area contributed by atoms with Gasteiger partial charge in [0.05, 0.1) is 22.4 Å². The lowest BCUT2D eigenvalue weighted by Crippen LogP contribution is -1.80. The molecule has 0 unspecified atom stereocenters. The van der Waals surface area contributed by atoms with Crippen molar-refractivity contribution in [2.45, 2.75) is 0 Å². The Morgan fingerprint density at radius 1 is 1.46 bits per heavy atom. The van der Waals surface area contributed by atoms with Gasteiger partial charge < -0.3 is 0 Å². The monoisotopic (exact) mass is 207 g/mol. The molecule has 13 heavy (non-hydrogen) atoms. The summed E-state index contributed by atoms with van der Waals surface area (Å²) in [7, 11) is 0. The maximum absolute atomic E-state index is 8.62. The Hall–Kier alpha value is -1.09. The minimum Gasteiger partial charge on any atom is -0.192 e. The van der Waals surface area contributed by atoms with Gasteiger partial charge in [-0.15, -0.1) is 0 Å². The molecule has 0 spiro atoms. The van der Waals surface area contributed by atoms with Crippen LogP contribution in [0.25, 0.3) is 0 Å². The molecule has 64 valence electrons. The van der Waals surface area contributed by atoms with Gasteiger partial charge >= 0.3 is 0 Å². The van der Waals surface area contributed by atoms with Gasteiger partial charge in [0.25, 0.3) is 0 Å². The van der Waals surface area contributed by atoms with E-state index in [1.807, 2.05) is 6.07 Å². The fraction of sp³-hybridized carbons (Fsp3) is 0.100. The molecule has 0 amide bonds. The van der Waals surface area contributed by atoms with Crippen LogP contribution in [-0.4, -0.2) is 5.75 Å². The lowest BCUT2D eigenvalue weighted by Gasteiger charge is -1.94. The summed E-state index contributed by atoms with van der Waals surface area (Å²) in [5.74, 6) is 6.08. The molecule has 0 radical (unpaired) electrons. The van der Waals surface area contributed by atoms with Crippen LogP contribution in [0.4, 0.5) is 0 Å². The summed E-state index contributed by atoms with van der Waals surface area (Å²) in [6.45, 7) is 0. The average Bonchev–Trinajstić information content (AvgIpc) is 2.17. The van der Waals surface area contributed by atoms with E-state index in [1.165, 1.54) is 0 Å². The molecule has 0 bridgehead atoms. The molecule has 0 aromatic heterocycles. The third-order valence-electron chi connectivity index (χ3n) is 1.40. The quantitative estimate of drug-likeness (QED) is 0.513. The van der Waals surface area contributed by atoms with Crippen molar-refractivity contribution in [1.29, 1.82) is 5.26 Å². The van der Waals surface area contributed by atoms with E-state index in [-0.39, 0.29) is 0 Å². The zero-order valence-electron chi connectivity index (χ0n) is 6.71. The van der Waals surface area contributed by atoms with E-state index in [1.54, 1.807) is 18.2 Å². The minimum atomic E-state index is 0.479. The first kappa shape index (κ1) is 9.99. The molecule has 0 atom stereocenters.